The smallest absolute Gasteiger partial charge is 0.213 e. The van der Waals surface area contributed by atoms with Gasteiger partial charge in [-0.05, 0) is 19.1 Å². The van der Waals surface area contributed by atoms with Crippen LogP contribution in [0.25, 0.3) is 0 Å². The molecule has 3 aromatic carbocycles. The number of hydrogen-bond donors (Lipinski definition) is 0. The van der Waals surface area contributed by atoms with Crippen LogP contribution < -0.4 is 0 Å². The average Bonchev–Trinajstić information content (AvgIpc) is 2.69. The van der Waals surface area contributed by atoms with Crippen molar-refractivity contribution in [2.45, 2.75) is 6.92 Å². The summed E-state index contributed by atoms with van der Waals surface area (Å²) in [5.74, 6) is -1.79. The summed E-state index contributed by atoms with van der Waals surface area (Å²) in [4.78, 5) is 12.9. The van der Waals surface area contributed by atoms with Gasteiger partial charge < -0.3 is 0 Å². The molecule has 0 fully saturated rings. The van der Waals surface area contributed by atoms with Crippen LogP contribution in [0, 0.1) is 11.6 Å². The van der Waals surface area contributed by atoms with Gasteiger partial charge in [-0.2, -0.15) is 5.10 Å². The number of carbonyl (C=O) groups is 1. The Morgan fingerprint density at radius 3 is 1.78 bits per heavy atom. The molecule has 0 aliphatic heterocycles. The second kappa shape index (κ2) is 8.27. The summed E-state index contributed by atoms with van der Waals surface area (Å²) >= 11 is 0. The third-order valence-corrected chi connectivity index (χ3v) is 3.92. The summed E-state index contributed by atoms with van der Waals surface area (Å²) in [5.41, 5.74) is 0.889. The van der Waals surface area contributed by atoms with E-state index in [1.54, 1.807) is 54.6 Å². The van der Waals surface area contributed by atoms with Crippen molar-refractivity contribution in [1.29, 1.82) is 0 Å². The monoisotopic (exact) mass is 362 g/mol. The predicted octanol–water partition coefficient (Wildman–Crippen LogP) is 5.06. The zero-order valence-corrected chi connectivity index (χ0v) is 14.6. The van der Waals surface area contributed by atoms with Crippen molar-refractivity contribution in [3.63, 3.8) is 0 Å². The molecule has 3 aromatic rings. The SMILES string of the molecule is C/C(=N/N=C(\C(=O)c1ccccc1)c1ccccc1)c1c(F)cccc1F. The number of rotatable bonds is 5. The van der Waals surface area contributed by atoms with E-state index in [1.807, 2.05) is 6.07 Å². The molecule has 134 valence electrons. The van der Waals surface area contributed by atoms with E-state index in [0.717, 1.165) is 12.1 Å². The maximum Gasteiger partial charge on any atom is 0.213 e. The Labute approximate surface area is 155 Å². The molecule has 0 bridgehead atoms. The lowest BCUT2D eigenvalue weighted by Crippen LogP contribution is -2.16. The summed E-state index contributed by atoms with van der Waals surface area (Å²) < 4.78 is 27.9. The first-order valence-corrected chi connectivity index (χ1v) is 8.29. The van der Waals surface area contributed by atoms with Gasteiger partial charge in [0, 0.05) is 11.1 Å². The highest BCUT2D eigenvalue weighted by Gasteiger charge is 2.17. The molecule has 0 aliphatic carbocycles. The molecule has 0 radical (unpaired) electrons. The highest BCUT2D eigenvalue weighted by atomic mass is 19.1. The minimum atomic E-state index is -0.734. The Hall–Kier alpha value is -3.47. The molecule has 0 saturated carbocycles. The first-order valence-electron chi connectivity index (χ1n) is 8.29. The van der Waals surface area contributed by atoms with Gasteiger partial charge in [-0.25, -0.2) is 8.78 Å². The lowest BCUT2D eigenvalue weighted by Gasteiger charge is -2.06. The van der Waals surface area contributed by atoms with E-state index in [0.29, 0.717) is 11.1 Å². The molecular formula is C22H16F2N2O. The van der Waals surface area contributed by atoms with Gasteiger partial charge in [0.2, 0.25) is 5.78 Å². The first kappa shape index (κ1) is 18.3. The first-order chi connectivity index (χ1) is 13.1. The highest BCUT2D eigenvalue weighted by Crippen LogP contribution is 2.14. The highest BCUT2D eigenvalue weighted by molar-refractivity contribution is 6.51. The molecule has 0 spiro atoms. The molecule has 0 heterocycles. The molecule has 3 rings (SSSR count). The molecular weight excluding hydrogens is 346 g/mol. The zero-order chi connectivity index (χ0) is 19.2. The number of benzene rings is 3. The summed E-state index contributed by atoms with van der Waals surface area (Å²) in [6.45, 7) is 1.45. The van der Waals surface area contributed by atoms with E-state index in [-0.39, 0.29) is 22.8 Å². The van der Waals surface area contributed by atoms with Crippen LogP contribution in [0.4, 0.5) is 8.78 Å². The Kier molecular flexibility index (Phi) is 5.61. The second-order valence-electron chi connectivity index (χ2n) is 5.79. The van der Waals surface area contributed by atoms with Gasteiger partial charge in [-0.3, -0.25) is 4.79 Å². The lowest BCUT2D eigenvalue weighted by atomic mass is 10.0. The standard InChI is InChI=1S/C22H16F2N2O/c1-15(20-18(23)13-8-14-19(20)24)25-26-21(16-9-4-2-5-10-16)22(27)17-11-6-3-7-12-17/h2-14H,1H3/b25-15-,26-21-. The van der Waals surface area contributed by atoms with E-state index in [2.05, 4.69) is 10.2 Å². The van der Waals surface area contributed by atoms with E-state index in [9.17, 15) is 13.6 Å². The van der Waals surface area contributed by atoms with Crippen molar-refractivity contribution in [3.8, 4) is 0 Å². The number of halogens is 2. The Morgan fingerprint density at radius 2 is 1.22 bits per heavy atom. The van der Waals surface area contributed by atoms with E-state index in [4.69, 9.17) is 0 Å². The maximum atomic E-state index is 13.9. The van der Waals surface area contributed by atoms with E-state index in [1.165, 1.54) is 13.0 Å². The number of hydrogen-bond acceptors (Lipinski definition) is 3. The molecule has 0 aliphatic rings. The Balaban J connectivity index is 2.07. The largest absolute Gasteiger partial charge is 0.287 e. The molecule has 0 atom stereocenters. The number of carbonyl (C=O) groups excluding carboxylic acids is 1. The summed E-state index contributed by atoms with van der Waals surface area (Å²) in [5, 5.41) is 7.99. The fourth-order valence-corrected chi connectivity index (χ4v) is 2.57. The van der Waals surface area contributed by atoms with Crippen LogP contribution >= 0.6 is 0 Å². The lowest BCUT2D eigenvalue weighted by molar-refractivity contribution is 0.106. The zero-order valence-electron chi connectivity index (χ0n) is 14.6. The minimum Gasteiger partial charge on any atom is -0.287 e. The topological polar surface area (TPSA) is 41.8 Å². The molecule has 0 saturated heterocycles. The van der Waals surface area contributed by atoms with Crippen LogP contribution in [0.2, 0.25) is 0 Å². The van der Waals surface area contributed by atoms with Crippen molar-refractivity contribution >= 4 is 17.2 Å². The van der Waals surface area contributed by atoms with Crippen molar-refractivity contribution in [3.05, 3.63) is 107 Å². The van der Waals surface area contributed by atoms with Gasteiger partial charge in [0.25, 0.3) is 0 Å². The van der Waals surface area contributed by atoms with Gasteiger partial charge in [0.1, 0.15) is 17.3 Å². The van der Waals surface area contributed by atoms with Crippen molar-refractivity contribution in [2.24, 2.45) is 10.2 Å². The van der Waals surface area contributed by atoms with Crippen molar-refractivity contribution in [2.75, 3.05) is 0 Å². The number of nitrogens with zero attached hydrogens (tertiary/aromatic N) is 2. The van der Waals surface area contributed by atoms with Crippen LogP contribution in [0.5, 0.6) is 0 Å². The molecule has 0 unspecified atom stereocenters. The summed E-state index contributed by atoms with van der Waals surface area (Å²) in [7, 11) is 0. The fourth-order valence-electron chi connectivity index (χ4n) is 2.57. The molecule has 0 amide bonds. The Morgan fingerprint density at radius 1 is 0.704 bits per heavy atom. The van der Waals surface area contributed by atoms with E-state index < -0.39 is 11.6 Å². The normalized spacial score (nSPS) is 12.1. The van der Waals surface area contributed by atoms with Crippen molar-refractivity contribution in [1.82, 2.24) is 0 Å². The molecule has 5 heteroatoms. The van der Waals surface area contributed by atoms with Gasteiger partial charge in [0.15, 0.2) is 0 Å². The third-order valence-electron chi connectivity index (χ3n) is 3.92. The van der Waals surface area contributed by atoms with Gasteiger partial charge in [-0.15, -0.1) is 5.10 Å². The van der Waals surface area contributed by atoms with E-state index >= 15 is 0 Å². The fraction of sp³-hybridized carbons (Fsp3) is 0.0455. The van der Waals surface area contributed by atoms with Gasteiger partial charge in [0.05, 0.1) is 11.3 Å². The van der Waals surface area contributed by atoms with Gasteiger partial charge in [-0.1, -0.05) is 66.7 Å². The quantitative estimate of drug-likeness (QED) is 0.355. The van der Waals surface area contributed by atoms with Crippen LogP contribution in [-0.4, -0.2) is 17.2 Å². The van der Waals surface area contributed by atoms with Crippen LogP contribution in [0.1, 0.15) is 28.4 Å². The molecule has 27 heavy (non-hydrogen) atoms. The predicted molar refractivity (Wildman–Crippen MR) is 102 cm³/mol. The molecule has 0 aromatic heterocycles. The molecule has 0 N–H and O–H groups in total. The number of Topliss-reactive ketones (excluding diaryl/α,β-unsaturated/α-hetero) is 1. The number of ketones is 1. The van der Waals surface area contributed by atoms with Crippen LogP contribution in [0.3, 0.4) is 0 Å². The molecule has 3 nitrogen and oxygen atoms in total. The van der Waals surface area contributed by atoms with Crippen LogP contribution in [-0.2, 0) is 0 Å². The average molecular weight is 362 g/mol. The minimum absolute atomic E-state index is 0.0416. The van der Waals surface area contributed by atoms with Crippen LogP contribution in [0.15, 0.2) is 89.1 Å². The van der Waals surface area contributed by atoms with Gasteiger partial charge >= 0.3 is 0 Å². The summed E-state index contributed by atoms with van der Waals surface area (Å²) in [6, 6.07) is 21.0. The third kappa shape index (κ3) is 4.20. The Bertz CT molecular complexity index is 993. The second-order valence-corrected chi connectivity index (χ2v) is 5.79. The maximum absolute atomic E-state index is 13.9. The summed E-state index contributed by atoms with van der Waals surface area (Å²) in [6.07, 6.45) is 0. The van der Waals surface area contributed by atoms with Crippen molar-refractivity contribution < 1.29 is 13.6 Å².